The van der Waals surface area contributed by atoms with Crippen molar-refractivity contribution in [3.05, 3.63) is 34.3 Å². The summed E-state index contributed by atoms with van der Waals surface area (Å²) in [6.45, 7) is 11.3. The van der Waals surface area contributed by atoms with Crippen molar-refractivity contribution < 1.29 is 0 Å². The summed E-state index contributed by atoms with van der Waals surface area (Å²) >= 11 is 3.52. The molecule has 0 radical (unpaired) electrons. The maximum absolute atomic E-state index is 3.64. The molecule has 0 saturated heterocycles. The second kappa shape index (κ2) is 8.76. The van der Waals surface area contributed by atoms with Crippen LogP contribution in [0.15, 0.2) is 28.7 Å². The third-order valence-electron chi connectivity index (χ3n) is 3.83. The number of hydrogen-bond donors (Lipinski definition) is 1. The molecular weight excluding hydrogens is 298 g/mol. The van der Waals surface area contributed by atoms with Gasteiger partial charge >= 0.3 is 0 Å². The summed E-state index contributed by atoms with van der Waals surface area (Å²) in [5.41, 5.74) is 1.47. The van der Waals surface area contributed by atoms with Crippen LogP contribution in [0, 0.1) is 11.8 Å². The Hall–Kier alpha value is -0.340. The second-order valence-corrected chi connectivity index (χ2v) is 6.70. The van der Waals surface area contributed by atoms with Gasteiger partial charge in [0.15, 0.2) is 0 Å². The van der Waals surface area contributed by atoms with E-state index in [2.05, 4.69) is 73.2 Å². The highest BCUT2D eigenvalue weighted by atomic mass is 79.9. The number of nitrogens with one attached hydrogen (secondary N) is 1. The molecule has 0 fully saturated rings. The van der Waals surface area contributed by atoms with E-state index in [1.165, 1.54) is 18.4 Å². The normalized spacial score (nSPS) is 13.2. The standard InChI is InChI=1S/C17H28BrN/c1-5-14(6-2)17(12-19-11-13(3)4)15-7-9-16(18)10-8-15/h7-10,13-14,17,19H,5-6,11-12H2,1-4H3. The Balaban J connectivity index is 2.76. The van der Waals surface area contributed by atoms with Crippen LogP contribution in [0.5, 0.6) is 0 Å². The van der Waals surface area contributed by atoms with Crippen LogP contribution in [0.2, 0.25) is 0 Å². The summed E-state index contributed by atoms with van der Waals surface area (Å²) in [5.74, 6) is 2.11. The number of benzene rings is 1. The smallest absolute Gasteiger partial charge is 0.0175 e. The van der Waals surface area contributed by atoms with E-state index in [1.807, 2.05) is 0 Å². The van der Waals surface area contributed by atoms with E-state index in [0.29, 0.717) is 11.8 Å². The van der Waals surface area contributed by atoms with Gasteiger partial charge in [-0.3, -0.25) is 0 Å². The minimum Gasteiger partial charge on any atom is -0.316 e. The van der Waals surface area contributed by atoms with E-state index < -0.39 is 0 Å². The van der Waals surface area contributed by atoms with Crippen molar-refractivity contribution in [3.63, 3.8) is 0 Å². The lowest BCUT2D eigenvalue weighted by atomic mass is 9.82. The first-order valence-corrected chi connectivity index (χ1v) is 8.33. The maximum Gasteiger partial charge on any atom is 0.0175 e. The first-order chi connectivity index (χ1) is 9.08. The van der Waals surface area contributed by atoms with Gasteiger partial charge in [0.1, 0.15) is 0 Å². The molecule has 1 aromatic carbocycles. The van der Waals surface area contributed by atoms with Crippen molar-refractivity contribution in [2.24, 2.45) is 11.8 Å². The minimum absolute atomic E-state index is 0.627. The highest BCUT2D eigenvalue weighted by Crippen LogP contribution is 2.30. The molecule has 1 rings (SSSR count). The van der Waals surface area contributed by atoms with E-state index >= 15 is 0 Å². The summed E-state index contributed by atoms with van der Waals surface area (Å²) in [7, 11) is 0. The molecule has 108 valence electrons. The predicted molar refractivity (Wildman–Crippen MR) is 88.7 cm³/mol. The molecular formula is C17H28BrN. The lowest BCUT2D eigenvalue weighted by Gasteiger charge is -2.26. The van der Waals surface area contributed by atoms with Crippen molar-refractivity contribution in [2.75, 3.05) is 13.1 Å². The lowest BCUT2D eigenvalue weighted by molar-refractivity contribution is 0.373. The average molecular weight is 326 g/mol. The highest BCUT2D eigenvalue weighted by molar-refractivity contribution is 9.10. The molecule has 0 bridgehead atoms. The van der Waals surface area contributed by atoms with Crippen LogP contribution in [-0.2, 0) is 0 Å². The fourth-order valence-electron chi connectivity index (χ4n) is 2.65. The fraction of sp³-hybridized carbons (Fsp3) is 0.647. The molecule has 0 aliphatic carbocycles. The molecule has 1 aromatic rings. The molecule has 0 aliphatic heterocycles. The van der Waals surface area contributed by atoms with E-state index in [1.54, 1.807) is 0 Å². The minimum atomic E-state index is 0.627. The largest absolute Gasteiger partial charge is 0.316 e. The molecule has 2 heteroatoms. The molecule has 19 heavy (non-hydrogen) atoms. The van der Waals surface area contributed by atoms with E-state index in [-0.39, 0.29) is 0 Å². The number of hydrogen-bond acceptors (Lipinski definition) is 1. The van der Waals surface area contributed by atoms with Crippen molar-refractivity contribution >= 4 is 15.9 Å². The molecule has 0 aromatic heterocycles. The number of halogens is 1. The average Bonchev–Trinajstić information content (AvgIpc) is 2.39. The van der Waals surface area contributed by atoms with Gasteiger partial charge in [-0.25, -0.2) is 0 Å². The quantitative estimate of drug-likeness (QED) is 0.691. The first kappa shape index (κ1) is 16.7. The molecule has 1 atom stereocenters. The van der Waals surface area contributed by atoms with Gasteiger partial charge in [0, 0.05) is 11.0 Å². The topological polar surface area (TPSA) is 12.0 Å². The number of rotatable bonds is 8. The van der Waals surface area contributed by atoms with Gasteiger partial charge in [-0.1, -0.05) is 68.6 Å². The third kappa shape index (κ3) is 5.66. The van der Waals surface area contributed by atoms with Crippen LogP contribution >= 0.6 is 15.9 Å². The van der Waals surface area contributed by atoms with Crippen molar-refractivity contribution in [3.8, 4) is 0 Å². The Labute approximate surface area is 127 Å². The molecule has 1 N–H and O–H groups in total. The zero-order chi connectivity index (χ0) is 14.3. The summed E-state index contributed by atoms with van der Waals surface area (Å²) < 4.78 is 1.16. The Morgan fingerprint density at radius 1 is 1.00 bits per heavy atom. The zero-order valence-corrected chi connectivity index (χ0v) is 14.3. The second-order valence-electron chi connectivity index (χ2n) is 5.79. The van der Waals surface area contributed by atoms with Crippen LogP contribution < -0.4 is 5.32 Å². The van der Waals surface area contributed by atoms with Crippen LogP contribution in [-0.4, -0.2) is 13.1 Å². The summed E-state index contributed by atoms with van der Waals surface area (Å²) in [5, 5.41) is 3.64. The monoisotopic (exact) mass is 325 g/mol. The van der Waals surface area contributed by atoms with E-state index in [9.17, 15) is 0 Å². The molecule has 1 nitrogen and oxygen atoms in total. The SMILES string of the molecule is CCC(CC)C(CNCC(C)C)c1ccc(Br)cc1. The molecule has 1 unspecified atom stereocenters. The van der Waals surface area contributed by atoms with Gasteiger partial charge in [0.05, 0.1) is 0 Å². The van der Waals surface area contributed by atoms with Crippen molar-refractivity contribution in [1.29, 1.82) is 0 Å². The van der Waals surface area contributed by atoms with Crippen LogP contribution in [0.3, 0.4) is 0 Å². The van der Waals surface area contributed by atoms with Crippen LogP contribution in [0.25, 0.3) is 0 Å². The van der Waals surface area contributed by atoms with Gasteiger partial charge in [-0.05, 0) is 42.0 Å². The van der Waals surface area contributed by atoms with Gasteiger partial charge in [0.2, 0.25) is 0 Å². The Bertz CT molecular complexity index is 341. The Morgan fingerprint density at radius 2 is 1.58 bits per heavy atom. The lowest BCUT2D eigenvalue weighted by Crippen LogP contribution is -2.29. The van der Waals surface area contributed by atoms with Crippen molar-refractivity contribution in [2.45, 2.75) is 46.5 Å². The summed E-state index contributed by atoms with van der Waals surface area (Å²) in [4.78, 5) is 0. The highest BCUT2D eigenvalue weighted by Gasteiger charge is 2.20. The molecule has 0 saturated carbocycles. The fourth-order valence-corrected chi connectivity index (χ4v) is 2.92. The predicted octanol–water partition coefficient (Wildman–Crippen LogP) is 5.21. The first-order valence-electron chi connectivity index (χ1n) is 7.54. The molecule has 0 spiro atoms. The molecule has 0 amide bonds. The van der Waals surface area contributed by atoms with Crippen molar-refractivity contribution in [1.82, 2.24) is 5.32 Å². The third-order valence-corrected chi connectivity index (χ3v) is 4.36. The van der Waals surface area contributed by atoms with E-state index in [4.69, 9.17) is 0 Å². The van der Waals surface area contributed by atoms with E-state index in [0.717, 1.165) is 23.5 Å². The maximum atomic E-state index is 3.64. The molecule has 0 heterocycles. The van der Waals surface area contributed by atoms with Crippen LogP contribution in [0.1, 0.15) is 52.0 Å². The Kier molecular flexibility index (Phi) is 7.70. The van der Waals surface area contributed by atoms with Crippen LogP contribution in [0.4, 0.5) is 0 Å². The summed E-state index contributed by atoms with van der Waals surface area (Å²) in [6.07, 6.45) is 2.50. The summed E-state index contributed by atoms with van der Waals surface area (Å²) in [6, 6.07) is 8.86. The zero-order valence-electron chi connectivity index (χ0n) is 12.7. The Morgan fingerprint density at radius 3 is 2.05 bits per heavy atom. The molecule has 0 aliphatic rings. The van der Waals surface area contributed by atoms with Gasteiger partial charge in [-0.15, -0.1) is 0 Å². The van der Waals surface area contributed by atoms with Gasteiger partial charge in [-0.2, -0.15) is 0 Å². The van der Waals surface area contributed by atoms with Gasteiger partial charge in [0.25, 0.3) is 0 Å². The van der Waals surface area contributed by atoms with Gasteiger partial charge < -0.3 is 5.32 Å².